The third-order valence-electron chi connectivity index (χ3n) is 12.3. The molecule has 2 unspecified atom stereocenters. The average molecular weight is 729 g/mol. The summed E-state index contributed by atoms with van der Waals surface area (Å²) in [6, 6.07) is 19.2. The molecule has 4 aliphatic carbocycles. The van der Waals surface area contributed by atoms with Gasteiger partial charge in [0.15, 0.2) is 0 Å². The van der Waals surface area contributed by atoms with Gasteiger partial charge in [0.1, 0.15) is 0 Å². The van der Waals surface area contributed by atoms with Gasteiger partial charge in [-0.2, -0.15) is 29.3 Å². The minimum atomic E-state index is 0. The van der Waals surface area contributed by atoms with Crippen LogP contribution in [0, 0.1) is 33.5 Å². The standard InChI is InChI=1S/C29H37.C5H5.C4H12Si2.2ClH.Zr/c1-18-25-22-17-19-13-9-10-14-20(19)24(22)21-15-11-12-16-23(21)29(25,8)28(6,7)27(4,5)26(18,2)3;1-2-4-5-3-1;1-5(2)6(3)4;;;/h9-11,13-15,23H,12,16-17H2,1-8H3;1-5H;1-4H3;2*1H;/q2*-1;;;;+4/p-2. The van der Waals surface area contributed by atoms with E-state index in [1.165, 1.54) is 24.0 Å². The van der Waals surface area contributed by atoms with Gasteiger partial charge in [0.25, 0.3) is 0 Å². The van der Waals surface area contributed by atoms with Crippen LogP contribution in [0.5, 0.6) is 0 Å². The Morgan fingerprint density at radius 2 is 1.37 bits per heavy atom. The van der Waals surface area contributed by atoms with E-state index < -0.39 is 0 Å². The summed E-state index contributed by atoms with van der Waals surface area (Å²) in [4.78, 5) is 0. The van der Waals surface area contributed by atoms with Gasteiger partial charge in [0.2, 0.25) is 0 Å². The zero-order valence-corrected chi connectivity index (χ0v) is 34.8. The van der Waals surface area contributed by atoms with Gasteiger partial charge in [0, 0.05) is 0 Å². The van der Waals surface area contributed by atoms with Gasteiger partial charge in [-0.05, 0) is 56.3 Å². The molecule has 1 saturated carbocycles. The molecule has 5 heteroatoms. The van der Waals surface area contributed by atoms with E-state index in [9.17, 15) is 0 Å². The third kappa shape index (κ3) is 6.56. The van der Waals surface area contributed by atoms with Gasteiger partial charge in [0.05, 0.1) is 0 Å². The van der Waals surface area contributed by atoms with Crippen molar-refractivity contribution in [2.75, 3.05) is 0 Å². The molecule has 0 aromatic heterocycles. The van der Waals surface area contributed by atoms with E-state index >= 15 is 0 Å². The Bertz CT molecular complexity index is 1340. The molecule has 2 atom stereocenters. The minimum absolute atomic E-state index is 0. The summed E-state index contributed by atoms with van der Waals surface area (Å²) >= 11 is 0. The summed E-state index contributed by atoms with van der Waals surface area (Å²) in [5.74, 6) is 2.24. The van der Waals surface area contributed by atoms with E-state index in [0.717, 1.165) is 6.42 Å². The van der Waals surface area contributed by atoms with Crippen LogP contribution in [0.4, 0.5) is 0 Å². The number of halogens is 2. The van der Waals surface area contributed by atoms with Crippen molar-refractivity contribution >= 4 is 21.4 Å². The van der Waals surface area contributed by atoms with Crippen LogP contribution in [-0.2, 0) is 32.6 Å². The molecule has 2 aromatic rings. The Kier molecular flexibility index (Phi) is 14.1. The summed E-state index contributed by atoms with van der Waals surface area (Å²) in [6.07, 6.45) is 8.50. The van der Waals surface area contributed by atoms with Crippen LogP contribution >= 0.6 is 0 Å². The fourth-order valence-electron chi connectivity index (χ4n) is 7.89. The van der Waals surface area contributed by atoms with Gasteiger partial charge < -0.3 is 24.8 Å². The fourth-order valence-corrected chi connectivity index (χ4v) is 7.89. The van der Waals surface area contributed by atoms with E-state index in [-0.39, 0.29) is 88.5 Å². The first-order valence-corrected chi connectivity index (χ1v) is 21.5. The molecule has 0 heterocycles. The van der Waals surface area contributed by atoms with Crippen molar-refractivity contribution < 1.29 is 51.0 Å². The van der Waals surface area contributed by atoms with Crippen LogP contribution in [0.25, 0.3) is 5.57 Å². The minimum Gasteiger partial charge on any atom is -1.00 e. The number of hydrogen-bond acceptors (Lipinski definition) is 0. The number of benzene rings is 1. The normalized spacial score (nSPS) is 24.5. The zero-order valence-electron chi connectivity index (χ0n) is 28.8. The number of rotatable bonds is 0. The molecule has 4 aliphatic rings. The van der Waals surface area contributed by atoms with E-state index in [4.69, 9.17) is 0 Å². The van der Waals surface area contributed by atoms with Gasteiger partial charge in [-0.15, -0.1) is 6.92 Å². The van der Waals surface area contributed by atoms with E-state index in [0.29, 0.717) is 5.92 Å². The van der Waals surface area contributed by atoms with Crippen LogP contribution in [0.1, 0.15) is 79.4 Å². The molecule has 2 aromatic carbocycles. The monoisotopic (exact) mass is 726 g/mol. The van der Waals surface area contributed by atoms with E-state index in [2.05, 4.69) is 118 Å². The van der Waals surface area contributed by atoms with E-state index in [1.807, 2.05) is 30.3 Å². The molecule has 0 amide bonds. The Morgan fingerprint density at radius 1 is 0.814 bits per heavy atom. The van der Waals surface area contributed by atoms with Gasteiger partial charge in [-0.3, -0.25) is 0 Å². The summed E-state index contributed by atoms with van der Waals surface area (Å²) in [5.41, 5.74) is 10.3. The molecule has 232 valence electrons. The molecule has 0 N–H and O–H groups in total. The van der Waals surface area contributed by atoms with Crippen LogP contribution in [0.15, 0.2) is 83.5 Å². The largest absolute Gasteiger partial charge is 4.00 e. The van der Waals surface area contributed by atoms with Crippen LogP contribution in [0.3, 0.4) is 0 Å². The predicted molar refractivity (Wildman–Crippen MR) is 181 cm³/mol. The van der Waals surface area contributed by atoms with Crippen molar-refractivity contribution in [2.45, 2.75) is 101 Å². The second-order valence-electron chi connectivity index (χ2n) is 14.7. The number of hydrogen-bond donors (Lipinski definition) is 0. The van der Waals surface area contributed by atoms with Gasteiger partial charge in [-0.1, -0.05) is 140 Å². The molecule has 0 bridgehead atoms. The van der Waals surface area contributed by atoms with E-state index in [1.54, 1.807) is 28.2 Å². The fraction of sp³-hybridized carbons (Fsp3) is 0.526. The summed E-state index contributed by atoms with van der Waals surface area (Å²) in [7, 11) is 0.300. The number of fused-ring (bicyclic) bond motifs is 6. The smallest absolute Gasteiger partial charge is 1.00 e. The Labute approximate surface area is 299 Å². The zero-order chi connectivity index (χ0) is 29.7. The molecular formula is C38H54Cl2Si2Zr. The molecule has 1 fully saturated rings. The Balaban J connectivity index is 0.000000564. The Morgan fingerprint density at radius 3 is 1.88 bits per heavy atom. The second-order valence-corrected chi connectivity index (χ2v) is 24.7. The van der Waals surface area contributed by atoms with Crippen molar-refractivity contribution in [3.63, 3.8) is 0 Å². The topological polar surface area (TPSA) is 0 Å². The van der Waals surface area contributed by atoms with Crippen LogP contribution in [0.2, 0.25) is 26.2 Å². The first kappa shape index (κ1) is 40.6. The van der Waals surface area contributed by atoms with Crippen molar-refractivity contribution in [1.82, 2.24) is 0 Å². The second kappa shape index (κ2) is 15.0. The van der Waals surface area contributed by atoms with Crippen LogP contribution < -0.4 is 24.8 Å². The molecule has 0 spiro atoms. The molecule has 43 heavy (non-hydrogen) atoms. The maximum Gasteiger partial charge on any atom is 4.00 e. The average Bonchev–Trinajstić information content (AvgIpc) is 3.60. The summed E-state index contributed by atoms with van der Waals surface area (Å²) in [5, 5.41) is 0. The first-order valence-electron chi connectivity index (χ1n) is 15.5. The molecule has 0 radical (unpaired) electrons. The molecule has 0 aliphatic heterocycles. The van der Waals surface area contributed by atoms with Gasteiger partial charge in [-0.25, -0.2) is 18.1 Å². The molecule has 6 rings (SSSR count). The first-order chi connectivity index (χ1) is 18.6. The van der Waals surface area contributed by atoms with Gasteiger partial charge >= 0.3 is 26.2 Å². The molecule has 0 nitrogen and oxygen atoms in total. The predicted octanol–water partition coefficient (Wildman–Crippen LogP) is 4.95. The quantitative estimate of drug-likeness (QED) is 0.266. The molecule has 0 saturated heterocycles. The Hall–Kier alpha value is -0.443. The summed E-state index contributed by atoms with van der Waals surface area (Å²) < 4.78 is 0. The van der Waals surface area contributed by atoms with Crippen molar-refractivity contribution in [3.8, 4) is 0 Å². The van der Waals surface area contributed by atoms with Crippen molar-refractivity contribution in [1.29, 1.82) is 0 Å². The van der Waals surface area contributed by atoms with Crippen LogP contribution in [-0.4, -0.2) is 15.8 Å². The van der Waals surface area contributed by atoms with Crippen molar-refractivity contribution in [3.05, 3.63) is 101 Å². The number of allylic oxidation sites excluding steroid dienone is 6. The molecular weight excluding hydrogens is 675 g/mol. The SMILES string of the molecule is C[C-]1C2=C3Cc4ccccc4C3=C3C=CCCC3C2(C)C(C)(C)C(C)(C)C1(C)C.C[Si](C)=[Si](C)C.[Cl-].[Cl-].[Zr+4].c1cc[cH-]c1. The maximum absolute atomic E-state index is 2.62. The summed E-state index contributed by atoms with van der Waals surface area (Å²) in [6.45, 7) is 29.8. The van der Waals surface area contributed by atoms with Crippen molar-refractivity contribution in [2.24, 2.45) is 27.6 Å². The third-order valence-corrected chi connectivity index (χ3v) is 20.3. The maximum atomic E-state index is 2.62.